The topological polar surface area (TPSA) is 68.7 Å². The van der Waals surface area contributed by atoms with Gasteiger partial charge in [0.15, 0.2) is 17.2 Å². The zero-order chi connectivity index (χ0) is 16.4. The molecule has 1 N–H and O–H groups in total. The predicted octanol–water partition coefficient (Wildman–Crippen LogP) is 4.17. The monoisotopic (exact) mass is 329 g/mol. The van der Waals surface area contributed by atoms with Gasteiger partial charge in [-0.2, -0.15) is 0 Å². The van der Waals surface area contributed by atoms with Crippen LogP contribution >= 0.6 is 11.6 Å². The fourth-order valence-electron chi connectivity index (χ4n) is 2.18. The third-order valence-electron chi connectivity index (χ3n) is 3.29. The standard InChI is InChI=1S/C17H12ClNO4/c1-22-17(21)14-15(20)11-7-8-13(18)16(12(11)9-19-14)23-10-5-3-2-4-6-10/h2-9,20H,1H3. The fourth-order valence-corrected chi connectivity index (χ4v) is 2.38. The van der Waals surface area contributed by atoms with Crippen LogP contribution in [0.15, 0.2) is 48.7 Å². The largest absolute Gasteiger partial charge is 0.505 e. The minimum atomic E-state index is -0.718. The number of benzene rings is 2. The molecule has 1 heterocycles. The molecule has 0 fully saturated rings. The zero-order valence-electron chi connectivity index (χ0n) is 12.1. The predicted molar refractivity (Wildman–Crippen MR) is 86.3 cm³/mol. The number of rotatable bonds is 3. The molecule has 23 heavy (non-hydrogen) atoms. The lowest BCUT2D eigenvalue weighted by Gasteiger charge is -2.12. The summed E-state index contributed by atoms with van der Waals surface area (Å²) in [6, 6.07) is 12.3. The van der Waals surface area contributed by atoms with Crippen molar-refractivity contribution < 1.29 is 19.4 Å². The molecule has 2 aromatic carbocycles. The molecule has 116 valence electrons. The molecule has 0 saturated heterocycles. The Hall–Kier alpha value is -2.79. The summed E-state index contributed by atoms with van der Waals surface area (Å²) in [5, 5.41) is 11.5. The number of hydrogen-bond donors (Lipinski definition) is 1. The number of carbonyl (C=O) groups is 1. The van der Waals surface area contributed by atoms with Crippen molar-refractivity contribution >= 4 is 28.3 Å². The minimum absolute atomic E-state index is 0.159. The van der Waals surface area contributed by atoms with Crippen LogP contribution in [0.5, 0.6) is 17.2 Å². The first-order valence-corrected chi connectivity index (χ1v) is 7.11. The lowest BCUT2D eigenvalue weighted by Crippen LogP contribution is -2.04. The average Bonchev–Trinajstić information content (AvgIpc) is 2.58. The Balaban J connectivity index is 2.17. The molecule has 0 bridgehead atoms. The number of esters is 1. The van der Waals surface area contributed by atoms with E-state index in [1.807, 2.05) is 18.2 Å². The average molecular weight is 330 g/mol. The van der Waals surface area contributed by atoms with E-state index in [-0.39, 0.29) is 11.4 Å². The highest BCUT2D eigenvalue weighted by Crippen LogP contribution is 2.40. The van der Waals surface area contributed by atoms with Gasteiger partial charge < -0.3 is 14.6 Å². The van der Waals surface area contributed by atoms with Crippen LogP contribution in [0.3, 0.4) is 0 Å². The Kier molecular flexibility index (Phi) is 4.04. The summed E-state index contributed by atoms with van der Waals surface area (Å²) in [6.07, 6.45) is 1.42. The molecular weight excluding hydrogens is 318 g/mol. The molecule has 0 radical (unpaired) electrons. The molecule has 0 aliphatic heterocycles. The maximum absolute atomic E-state index is 11.6. The number of aromatic nitrogens is 1. The van der Waals surface area contributed by atoms with E-state index in [0.29, 0.717) is 27.3 Å². The van der Waals surface area contributed by atoms with Crippen molar-refractivity contribution in [2.75, 3.05) is 7.11 Å². The van der Waals surface area contributed by atoms with Gasteiger partial charge in [-0.3, -0.25) is 0 Å². The second kappa shape index (κ2) is 6.14. The van der Waals surface area contributed by atoms with E-state index >= 15 is 0 Å². The summed E-state index contributed by atoms with van der Waals surface area (Å²) < 4.78 is 10.4. The van der Waals surface area contributed by atoms with Gasteiger partial charge in [0.1, 0.15) is 5.75 Å². The highest BCUT2D eigenvalue weighted by molar-refractivity contribution is 6.33. The van der Waals surface area contributed by atoms with Gasteiger partial charge in [0.05, 0.1) is 12.1 Å². The molecule has 6 heteroatoms. The molecule has 0 spiro atoms. The first-order valence-electron chi connectivity index (χ1n) is 6.73. The summed E-state index contributed by atoms with van der Waals surface area (Å²) in [6.45, 7) is 0. The van der Waals surface area contributed by atoms with E-state index in [2.05, 4.69) is 9.72 Å². The molecule has 1 aromatic heterocycles. The molecule has 0 aliphatic rings. The summed E-state index contributed by atoms with van der Waals surface area (Å²) >= 11 is 6.21. The first kappa shape index (κ1) is 15.1. The molecule has 0 aliphatic carbocycles. The zero-order valence-corrected chi connectivity index (χ0v) is 12.9. The summed E-state index contributed by atoms with van der Waals surface area (Å²) in [5.41, 5.74) is -0.159. The Morgan fingerprint density at radius 1 is 1.13 bits per heavy atom. The van der Waals surface area contributed by atoms with Crippen molar-refractivity contribution in [1.29, 1.82) is 0 Å². The summed E-state index contributed by atoms with van der Waals surface area (Å²) in [7, 11) is 1.22. The van der Waals surface area contributed by atoms with E-state index in [0.717, 1.165) is 0 Å². The van der Waals surface area contributed by atoms with E-state index in [9.17, 15) is 9.90 Å². The van der Waals surface area contributed by atoms with Crippen molar-refractivity contribution in [2.45, 2.75) is 0 Å². The van der Waals surface area contributed by atoms with Crippen LogP contribution in [-0.2, 0) is 4.74 Å². The highest BCUT2D eigenvalue weighted by atomic mass is 35.5. The third kappa shape index (κ3) is 2.78. The lowest BCUT2D eigenvalue weighted by atomic mass is 10.1. The van der Waals surface area contributed by atoms with E-state index in [4.69, 9.17) is 16.3 Å². The Labute approximate surface area is 137 Å². The number of hydrogen-bond acceptors (Lipinski definition) is 5. The molecule has 3 aromatic rings. The number of fused-ring (bicyclic) bond motifs is 1. The van der Waals surface area contributed by atoms with Crippen LogP contribution in [0.25, 0.3) is 10.8 Å². The SMILES string of the molecule is COC(=O)c1ncc2c(Oc3ccccc3)c(Cl)ccc2c1O. The Morgan fingerprint density at radius 2 is 1.87 bits per heavy atom. The van der Waals surface area contributed by atoms with Crippen LogP contribution in [0.1, 0.15) is 10.5 Å². The quantitative estimate of drug-likeness (QED) is 0.730. The molecule has 0 amide bonds. The van der Waals surface area contributed by atoms with Crippen molar-refractivity contribution in [3.05, 3.63) is 59.4 Å². The van der Waals surface area contributed by atoms with Crippen LogP contribution in [-0.4, -0.2) is 23.2 Å². The number of halogens is 1. The van der Waals surface area contributed by atoms with Crippen LogP contribution < -0.4 is 4.74 Å². The maximum Gasteiger partial charge on any atom is 0.360 e. The minimum Gasteiger partial charge on any atom is -0.505 e. The second-order valence-electron chi connectivity index (χ2n) is 4.70. The summed E-state index contributed by atoms with van der Waals surface area (Å²) in [5.74, 6) is -0.0400. The Morgan fingerprint density at radius 3 is 2.57 bits per heavy atom. The molecular formula is C17H12ClNO4. The number of nitrogens with zero attached hydrogens (tertiary/aromatic N) is 1. The normalized spacial score (nSPS) is 10.5. The third-order valence-corrected chi connectivity index (χ3v) is 3.59. The molecule has 5 nitrogen and oxygen atoms in total. The van der Waals surface area contributed by atoms with Gasteiger partial charge in [-0.05, 0) is 24.3 Å². The Bertz CT molecular complexity index is 881. The van der Waals surface area contributed by atoms with Crippen LogP contribution in [0, 0.1) is 0 Å². The number of ether oxygens (including phenoxy) is 2. The van der Waals surface area contributed by atoms with Gasteiger partial charge in [-0.25, -0.2) is 9.78 Å². The second-order valence-corrected chi connectivity index (χ2v) is 5.11. The smallest absolute Gasteiger partial charge is 0.360 e. The van der Waals surface area contributed by atoms with Gasteiger partial charge in [0, 0.05) is 17.0 Å². The lowest BCUT2D eigenvalue weighted by molar-refractivity contribution is 0.0591. The van der Waals surface area contributed by atoms with Gasteiger partial charge >= 0.3 is 5.97 Å². The summed E-state index contributed by atoms with van der Waals surface area (Å²) in [4.78, 5) is 15.6. The van der Waals surface area contributed by atoms with Crippen LogP contribution in [0.4, 0.5) is 0 Å². The van der Waals surface area contributed by atoms with Crippen molar-refractivity contribution in [2.24, 2.45) is 0 Å². The maximum atomic E-state index is 11.6. The number of pyridine rings is 1. The fraction of sp³-hybridized carbons (Fsp3) is 0.0588. The van der Waals surface area contributed by atoms with Crippen molar-refractivity contribution in [3.8, 4) is 17.2 Å². The molecule has 3 rings (SSSR count). The molecule has 0 saturated carbocycles. The van der Waals surface area contributed by atoms with Gasteiger partial charge in [-0.1, -0.05) is 29.8 Å². The van der Waals surface area contributed by atoms with Crippen LogP contribution in [0.2, 0.25) is 5.02 Å². The first-order chi connectivity index (χ1) is 11.1. The number of aromatic hydroxyl groups is 1. The molecule has 0 atom stereocenters. The molecule has 0 unspecified atom stereocenters. The van der Waals surface area contributed by atoms with Crippen molar-refractivity contribution in [1.82, 2.24) is 4.98 Å². The number of para-hydroxylation sites is 1. The van der Waals surface area contributed by atoms with E-state index in [1.165, 1.54) is 13.3 Å². The van der Waals surface area contributed by atoms with E-state index < -0.39 is 5.97 Å². The highest BCUT2D eigenvalue weighted by Gasteiger charge is 2.19. The number of carbonyl (C=O) groups excluding carboxylic acids is 1. The van der Waals surface area contributed by atoms with Crippen molar-refractivity contribution in [3.63, 3.8) is 0 Å². The number of methoxy groups -OCH3 is 1. The van der Waals surface area contributed by atoms with E-state index in [1.54, 1.807) is 24.3 Å². The van der Waals surface area contributed by atoms with Gasteiger partial charge in [0.25, 0.3) is 0 Å². The van der Waals surface area contributed by atoms with Gasteiger partial charge in [0.2, 0.25) is 0 Å². The van der Waals surface area contributed by atoms with Gasteiger partial charge in [-0.15, -0.1) is 0 Å².